The molecule has 0 radical (unpaired) electrons. The Balaban J connectivity index is 1.54. The van der Waals surface area contributed by atoms with Gasteiger partial charge in [0.15, 0.2) is 5.70 Å². The highest BCUT2D eigenvalue weighted by Crippen LogP contribution is 2.23. The zero-order chi connectivity index (χ0) is 19.3. The molecule has 0 N–H and O–H groups in total. The first-order chi connectivity index (χ1) is 13.7. The molecular weight excluding hydrogens is 350 g/mol. The van der Waals surface area contributed by atoms with Gasteiger partial charge in [-0.15, -0.1) is 0 Å². The van der Waals surface area contributed by atoms with Gasteiger partial charge in [-0.1, -0.05) is 60.7 Å². The maximum Gasteiger partial charge on any atom is 0.363 e. The molecule has 4 rings (SSSR count). The average Bonchev–Trinajstić information content (AvgIpc) is 3.08. The standard InChI is InChI=1S/C24H19NO3/c1-17-8-5-6-13-21(17)23-25-22(24(26)28-23)15-19-11-7-12-20(14-19)27-16-18-9-3-2-4-10-18/h2-15H,16H2,1H3. The molecule has 28 heavy (non-hydrogen) atoms. The van der Waals surface area contributed by atoms with E-state index in [0.717, 1.165) is 28.0 Å². The van der Waals surface area contributed by atoms with Gasteiger partial charge in [-0.3, -0.25) is 0 Å². The molecule has 0 aromatic heterocycles. The van der Waals surface area contributed by atoms with Crippen LogP contribution in [0.4, 0.5) is 0 Å². The third-order valence-corrected chi connectivity index (χ3v) is 4.41. The summed E-state index contributed by atoms with van der Waals surface area (Å²) in [5, 5.41) is 0. The van der Waals surface area contributed by atoms with Gasteiger partial charge < -0.3 is 9.47 Å². The lowest BCUT2D eigenvalue weighted by molar-refractivity contribution is -0.129. The van der Waals surface area contributed by atoms with Crippen molar-refractivity contribution < 1.29 is 14.3 Å². The van der Waals surface area contributed by atoms with Crippen molar-refractivity contribution in [1.29, 1.82) is 0 Å². The van der Waals surface area contributed by atoms with E-state index in [1.807, 2.05) is 85.8 Å². The van der Waals surface area contributed by atoms with Gasteiger partial charge in [0.25, 0.3) is 0 Å². The van der Waals surface area contributed by atoms with Crippen molar-refractivity contribution in [3.05, 3.63) is 107 Å². The second-order valence-electron chi connectivity index (χ2n) is 6.50. The fourth-order valence-electron chi connectivity index (χ4n) is 2.93. The molecule has 4 heteroatoms. The molecule has 1 heterocycles. The van der Waals surface area contributed by atoms with E-state index in [1.165, 1.54) is 0 Å². The number of cyclic esters (lactones) is 1. The highest BCUT2D eigenvalue weighted by Gasteiger charge is 2.24. The minimum absolute atomic E-state index is 0.276. The lowest BCUT2D eigenvalue weighted by atomic mass is 10.1. The Morgan fingerprint density at radius 2 is 1.75 bits per heavy atom. The fourth-order valence-corrected chi connectivity index (χ4v) is 2.93. The Labute approximate surface area is 163 Å². The van der Waals surface area contributed by atoms with Gasteiger partial charge in [-0.05, 0) is 47.9 Å². The van der Waals surface area contributed by atoms with Crippen LogP contribution >= 0.6 is 0 Å². The van der Waals surface area contributed by atoms with Gasteiger partial charge in [-0.25, -0.2) is 9.79 Å². The average molecular weight is 369 g/mol. The van der Waals surface area contributed by atoms with E-state index in [0.29, 0.717) is 12.5 Å². The predicted octanol–water partition coefficient (Wildman–Crippen LogP) is 4.92. The summed E-state index contributed by atoms with van der Waals surface area (Å²) >= 11 is 0. The third kappa shape index (κ3) is 4.01. The minimum atomic E-state index is -0.450. The first-order valence-electron chi connectivity index (χ1n) is 9.04. The van der Waals surface area contributed by atoms with Crippen molar-refractivity contribution >= 4 is 17.9 Å². The number of esters is 1. The van der Waals surface area contributed by atoms with Crippen LogP contribution in [0.25, 0.3) is 6.08 Å². The molecule has 3 aromatic carbocycles. The molecule has 0 unspecified atom stereocenters. The van der Waals surface area contributed by atoms with Crippen molar-refractivity contribution in [2.75, 3.05) is 0 Å². The van der Waals surface area contributed by atoms with Gasteiger partial charge in [0.2, 0.25) is 5.90 Å². The molecule has 0 atom stereocenters. The van der Waals surface area contributed by atoms with E-state index in [4.69, 9.17) is 9.47 Å². The minimum Gasteiger partial charge on any atom is -0.489 e. The number of hydrogen-bond acceptors (Lipinski definition) is 4. The van der Waals surface area contributed by atoms with Crippen LogP contribution in [0.2, 0.25) is 0 Å². The molecule has 0 saturated carbocycles. The smallest absolute Gasteiger partial charge is 0.363 e. The molecule has 138 valence electrons. The third-order valence-electron chi connectivity index (χ3n) is 4.41. The molecule has 3 aromatic rings. The SMILES string of the molecule is Cc1ccccc1C1=NC(=Cc2cccc(OCc3ccccc3)c2)C(=O)O1. The second kappa shape index (κ2) is 7.92. The summed E-state index contributed by atoms with van der Waals surface area (Å²) in [4.78, 5) is 16.6. The topological polar surface area (TPSA) is 47.9 Å². The van der Waals surface area contributed by atoms with Crippen LogP contribution in [0.3, 0.4) is 0 Å². The number of benzene rings is 3. The van der Waals surface area contributed by atoms with Gasteiger partial charge in [-0.2, -0.15) is 0 Å². The lowest BCUT2D eigenvalue weighted by Gasteiger charge is -2.07. The second-order valence-corrected chi connectivity index (χ2v) is 6.50. The maximum atomic E-state index is 12.2. The molecule has 1 aliphatic heterocycles. The van der Waals surface area contributed by atoms with Crippen molar-refractivity contribution in [1.82, 2.24) is 0 Å². The van der Waals surface area contributed by atoms with Crippen LogP contribution < -0.4 is 4.74 Å². The summed E-state index contributed by atoms with van der Waals surface area (Å²) in [5.74, 6) is 0.618. The molecule has 1 aliphatic rings. The molecule has 0 saturated heterocycles. The zero-order valence-electron chi connectivity index (χ0n) is 15.5. The normalized spacial score (nSPS) is 14.7. The van der Waals surface area contributed by atoms with Crippen molar-refractivity contribution in [2.45, 2.75) is 13.5 Å². The van der Waals surface area contributed by atoms with E-state index >= 15 is 0 Å². The summed E-state index contributed by atoms with van der Waals surface area (Å²) in [7, 11) is 0. The number of rotatable bonds is 5. The van der Waals surface area contributed by atoms with Crippen LogP contribution in [-0.4, -0.2) is 11.9 Å². The first kappa shape index (κ1) is 17.7. The fraction of sp³-hybridized carbons (Fsp3) is 0.0833. The van der Waals surface area contributed by atoms with Crippen molar-refractivity contribution in [2.24, 2.45) is 4.99 Å². The summed E-state index contributed by atoms with van der Waals surface area (Å²) in [5.41, 5.74) is 4.02. The summed E-state index contributed by atoms with van der Waals surface area (Å²) < 4.78 is 11.2. The Morgan fingerprint density at radius 1 is 0.964 bits per heavy atom. The molecule has 0 bridgehead atoms. The molecule has 4 nitrogen and oxygen atoms in total. The summed E-state index contributed by atoms with van der Waals surface area (Å²) in [6, 6.07) is 25.2. The number of aliphatic imine (C=N–C) groups is 1. The number of carbonyl (C=O) groups is 1. The van der Waals surface area contributed by atoms with E-state index in [9.17, 15) is 4.79 Å². The van der Waals surface area contributed by atoms with E-state index in [-0.39, 0.29) is 5.70 Å². The Bertz CT molecular complexity index is 1070. The quantitative estimate of drug-likeness (QED) is 0.474. The number of aryl methyl sites for hydroxylation is 1. The summed E-state index contributed by atoms with van der Waals surface area (Å²) in [6.07, 6.45) is 1.71. The summed E-state index contributed by atoms with van der Waals surface area (Å²) in [6.45, 7) is 2.44. The van der Waals surface area contributed by atoms with Gasteiger partial charge in [0.05, 0.1) is 0 Å². The highest BCUT2D eigenvalue weighted by atomic mass is 16.6. The van der Waals surface area contributed by atoms with Crippen molar-refractivity contribution in [3.63, 3.8) is 0 Å². The molecule has 0 fully saturated rings. The lowest BCUT2D eigenvalue weighted by Crippen LogP contribution is -2.06. The maximum absolute atomic E-state index is 12.2. The zero-order valence-corrected chi connectivity index (χ0v) is 15.5. The van der Waals surface area contributed by atoms with Crippen LogP contribution in [-0.2, 0) is 16.1 Å². The van der Waals surface area contributed by atoms with Gasteiger partial charge >= 0.3 is 5.97 Å². The Hall–Kier alpha value is -3.66. The van der Waals surface area contributed by atoms with Gasteiger partial charge in [0.1, 0.15) is 12.4 Å². The molecular formula is C24H19NO3. The Morgan fingerprint density at radius 3 is 2.57 bits per heavy atom. The van der Waals surface area contributed by atoms with Crippen LogP contribution in [0, 0.1) is 6.92 Å². The molecule has 0 amide bonds. The van der Waals surface area contributed by atoms with Crippen LogP contribution in [0.1, 0.15) is 22.3 Å². The largest absolute Gasteiger partial charge is 0.489 e. The first-order valence-corrected chi connectivity index (χ1v) is 9.04. The highest BCUT2D eigenvalue weighted by molar-refractivity contribution is 6.13. The number of nitrogens with zero attached hydrogens (tertiary/aromatic N) is 1. The monoisotopic (exact) mass is 369 g/mol. The van der Waals surface area contributed by atoms with E-state index < -0.39 is 5.97 Å². The van der Waals surface area contributed by atoms with Gasteiger partial charge in [0, 0.05) is 5.56 Å². The molecule has 0 spiro atoms. The van der Waals surface area contributed by atoms with E-state index in [2.05, 4.69) is 4.99 Å². The number of ether oxygens (including phenoxy) is 2. The molecule has 0 aliphatic carbocycles. The Kier molecular flexibility index (Phi) is 5.02. The predicted molar refractivity (Wildman–Crippen MR) is 109 cm³/mol. The number of hydrogen-bond donors (Lipinski definition) is 0. The van der Waals surface area contributed by atoms with Crippen molar-refractivity contribution in [3.8, 4) is 5.75 Å². The van der Waals surface area contributed by atoms with E-state index in [1.54, 1.807) is 6.08 Å². The van der Waals surface area contributed by atoms with Crippen LogP contribution in [0.5, 0.6) is 5.75 Å². The number of carbonyl (C=O) groups excluding carboxylic acids is 1. The van der Waals surface area contributed by atoms with Crippen LogP contribution in [0.15, 0.2) is 89.6 Å².